The average molecular weight is 397 g/mol. The first-order valence-corrected chi connectivity index (χ1v) is 9.49. The molecule has 0 fully saturated rings. The van der Waals surface area contributed by atoms with Crippen LogP contribution in [0.1, 0.15) is 39.6 Å². The highest BCUT2D eigenvalue weighted by molar-refractivity contribution is 6.30. The second kappa shape index (κ2) is 7.32. The molecule has 0 spiro atoms. The Labute approximate surface area is 168 Å². The Balaban J connectivity index is 1.78. The zero-order valence-corrected chi connectivity index (χ0v) is 16.8. The van der Waals surface area contributed by atoms with Crippen LogP contribution in [0.4, 0.5) is 0 Å². The quantitative estimate of drug-likeness (QED) is 0.637. The number of hydrogen-bond acceptors (Lipinski definition) is 4. The number of carbonyl (C=O) groups excluding carboxylic acids is 1. The summed E-state index contributed by atoms with van der Waals surface area (Å²) in [5, 5.41) is 5.31. The minimum Gasteiger partial charge on any atom is -0.497 e. The molecule has 5 nitrogen and oxygen atoms in total. The third kappa shape index (κ3) is 3.16. The lowest BCUT2D eigenvalue weighted by Crippen LogP contribution is -2.21. The molecule has 0 saturated heterocycles. The molecule has 144 valence electrons. The van der Waals surface area contributed by atoms with Gasteiger partial charge in [0, 0.05) is 23.4 Å². The van der Waals surface area contributed by atoms with E-state index in [1.54, 1.807) is 14.2 Å². The Bertz CT molecular complexity index is 1040. The van der Waals surface area contributed by atoms with Gasteiger partial charge in [-0.05, 0) is 49.2 Å². The lowest BCUT2D eigenvalue weighted by Gasteiger charge is -2.25. The van der Waals surface area contributed by atoms with Crippen molar-refractivity contribution in [3.63, 3.8) is 0 Å². The van der Waals surface area contributed by atoms with Crippen molar-refractivity contribution < 1.29 is 14.3 Å². The summed E-state index contributed by atoms with van der Waals surface area (Å²) in [6.07, 6.45) is 1.13. The topological polar surface area (TPSA) is 53.3 Å². The highest BCUT2D eigenvalue weighted by atomic mass is 35.5. The third-order valence-corrected chi connectivity index (χ3v) is 5.51. The van der Waals surface area contributed by atoms with Gasteiger partial charge < -0.3 is 9.47 Å². The van der Waals surface area contributed by atoms with E-state index in [1.807, 2.05) is 54.1 Å². The number of fused-ring (bicyclic) bond motifs is 1. The largest absolute Gasteiger partial charge is 0.497 e. The molecule has 4 rings (SSSR count). The second-order valence-corrected chi connectivity index (χ2v) is 7.37. The van der Waals surface area contributed by atoms with Crippen molar-refractivity contribution in [3.8, 4) is 17.2 Å². The fourth-order valence-electron chi connectivity index (χ4n) is 3.93. The molecule has 28 heavy (non-hydrogen) atoms. The zero-order chi connectivity index (χ0) is 19.8. The van der Waals surface area contributed by atoms with E-state index in [0.717, 1.165) is 39.7 Å². The van der Waals surface area contributed by atoms with E-state index in [2.05, 4.69) is 5.10 Å². The molecule has 0 unspecified atom stereocenters. The highest BCUT2D eigenvalue weighted by Crippen LogP contribution is 2.40. The van der Waals surface area contributed by atoms with Crippen molar-refractivity contribution in [1.29, 1.82) is 0 Å². The van der Waals surface area contributed by atoms with Crippen LogP contribution in [0.25, 0.3) is 5.69 Å². The van der Waals surface area contributed by atoms with E-state index in [-0.39, 0.29) is 11.7 Å². The summed E-state index contributed by atoms with van der Waals surface area (Å²) in [6, 6.07) is 13.2. The predicted molar refractivity (Wildman–Crippen MR) is 108 cm³/mol. The summed E-state index contributed by atoms with van der Waals surface area (Å²) < 4.78 is 12.7. The highest BCUT2D eigenvalue weighted by Gasteiger charge is 2.33. The lowest BCUT2D eigenvalue weighted by atomic mass is 9.81. The van der Waals surface area contributed by atoms with E-state index in [9.17, 15) is 4.79 Å². The molecule has 6 heteroatoms. The maximum absolute atomic E-state index is 13.0. The number of rotatable bonds is 4. The van der Waals surface area contributed by atoms with E-state index in [0.29, 0.717) is 17.9 Å². The molecule has 2 aromatic carbocycles. The molecule has 1 aromatic heterocycles. The van der Waals surface area contributed by atoms with Gasteiger partial charge in [0.05, 0.1) is 36.9 Å². The van der Waals surface area contributed by atoms with E-state index in [4.69, 9.17) is 21.1 Å². The molecule has 1 aliphatic rings. The number of carbonyl (C=O) groups is 1. The molecule has 0 N–H and O–H groups in total. The van der Waals surface area contributed by atoms with Crippen molar-refractivity contribution in [2.75, 3.05) is 14.2 Å². The number of ketones is 1. The van der Waals surface area contributed by atoms with Crippen LogP contribution in [0, 0.1) is 6.92 Å². The van der Waals surface area contributed by atoms with Crippen LogP contribution in [-0.2, 0) is 6.42 Å². The molecule has 3 aromatic rings. The number of Topliss-reactive ketones (excluding diaryl/α,β-unsaturated/α-hetero) is 1. The van der Waals surface area contributed by atoms with Crippen molar-refractivity contribution >= 4 is 17.4 Å². The number of ether oxygens (including phenoxy) is 2. The Morgan fingerprint density at radius 2 is 1.82 bits per heavy atom. The number of aryl methyl sites for hydroxylation is 1. The Morgan fingerprint density at radius 3 is 2.50 bits per heavy atom. The molecular formula is C22H21ClN2O3. The third-order valence-electron chi connectivity index (χ3n) is 5.26. The molecule has 1 heterocycles. The van der Waals surface area contributed by atoms with E-state index in [1.165, 1.54) is 0 Å². The van der Waals surface area contributed by atoms with Crippen molar-refractivity contribution in [2.24, 2.45) is 0 Å². The molecule has 0 saturated carbocycles. The molecule has 1 atom stereocenters. The van der Waals surface area contributed by atoms with Crippen LogP contribution in [0.2, 0.25) is 5.02 Å². The summed E-state index contributed by atoms with van der Waals surface area (Å²) >= 11 is 6.02. The van der Waals surface area contributed by atoms with Crippen molar-refractivity contribution in [1.82, 2.24) is 9.78 Å². The van der Waals surface area contributed by atoms with Crippen LogP contribution in [0.3, 0.4) is 0 Å². The minimum atomic E-state index is 0.0167. The van der Waals surface area contributed by atoms with Gasteiger partial charge in [0.2, 0.25) is 0 Å². The van der Waals surface area contributed by atoms with Crippen molar-refractivity contribution in [3.05, 3.63) is 70.0 Å². The molecule has 1 aliphatic carbocycles. The first kappa shape index (κ1) is 18.6. The normalized spacial score (nSPS) is 16.0. The summed E-state index contributed by atoms with van der Waals surface area (Å²) in [5.74, 6) is 1.59. The lowest BCUT2D eigenvalue weighted by molar-refractivity contribution is 0.0963. The maximum atomic E-state index is 13.0. The van der Waals surface area contributed by atoms with Gasteiger partial charge in [0.25, 0.3) is 0 Å². The smallest absolute Gasteiger partial charge is 0.167 e. The van der Waals surface area contributed by atoms with E-state index >= 15 is 0 Å². The summed E-state index contributed by atoms with van der Waals surface area (Å²) in [7, 11) is 3.26. The number of nitrogens with zero attached hydrogens (tertiary/aromatic N) is 2. The van der Waals surface area contributed by atoms with Gasteiger partial charge in [0.15, 0.2) is 5.78 Å². The number of aromatic nitrogens is 2. The number of benzene rings is 2. The zero-order valence-electron chi connectivity index (χ0n) is 16.0. The summed E-state index contributed by atoms with van der Waals surface area (Å²) in [4.78, 5) is 13.0. The van der Waals surface area contributed by atoms with Gasteiger partial charge in [-0.1, -0.05) is 17.7 Å². The van der Waals surface area contributed by atoms with Gasteiger partial charge in [-0.25, -0.2) is 4.68 Å². The van der Waals surface area contributed by atoms with E-state index < -0.39 is 0 Å². The van der Waals surface area contributed by atoms with Crippen LogP contribution in [0.15, 0.2) is 42.5 Å². The Kier molecular flexibility index (Phi) is 4.85. The molecule has 0 aliphatic heterocycles. The van der Waals surface area contributed by atoms with Gasteiger partial charge in [0.1, 0.15) is 11.5 Å². The molecule has 0 bridgehead atoms. The summed E-state index contributed by atoms with van der Waals surface area (Å²) in [6.45, 7) is 1.89. The SMILES string of the molecule is COc1ccc([C@H]2CC(=O)c3c(C)nn(-c4ccc(Cl)cc4)c3C2)c(OC)c1. The number of halogens is 1. The van der Waals surface area contributed by atoms with Crippen LogP contribution in [-0.4, -0.2) is 29.8 Å². The first-order chi connectivity index (χ1) is 13.5. The molecular weight excluding hydrogens is 376 g/mol. The molecule has 0 amide bonds. The average Bonchev–Trinajstić information content (AvgIpc) is 3.05. The van der Waals surface area contributed by atoms with Crippen LogP contribution < -0.4 is 9.47 Å². The van der Waals surface area contributed by atoms with Crippen LogP contribution in [0.5, 0.6) is 11.5 Å². The number of methoxy groups -OCH3 is 2. The standard InChI is InChI=1S/C22H21ClN2O3/c1-13-22-19(25(24-13)16-6-4-15(23)5-7-16)10-14(11-20(22)26)18-9-8-17(27-2)12-21(18)28-3/h4-9,12,14H,10-11H2,1-3H3/t14-/m1/s1. The maximum Gasteiger partial charge on any atom is 0.167 e. The van der Waals surface area contributed by atoms with Gasteiger partial charge in [-0.2, -0.15) is 5.10 Å². The van der Waals surface area contributed by atoms with Crippen LogP contribution >= 0.6 is 11.6 Å². The Morgan fingerprint density at radius 1 is 1.07 bits per heavy atom. The monoisotopic (exact) mass is 396 g/mol. The fraction of sp³-hybridized carbons (Fsp3) is 0.273. The van der Waals surface area contributed by atoms with Crippen molar-refractivity contribution in [2.45, 2.75) is 25.7 Å². The molecule has 0 radical (unpaired) electrons. The minimum absolute atomic E-state index is 0.0167. The number of hydrogen-bond donors (Lipinski definition) is 0. The second-order valence-electron chi connectivity index (χ2n) is 6.93. The fourth-order valence-corrected chi connectivity index (χ4v) is 4.06. The van der Waals surface area contributed by atoms with Gasteiger partial charge in [-0.15, -0.1) is 0 Å². The van der Waals surface area contributed by atoms with Gasteiger partial charge in [-0.3, -0.25) is 4.79 Å². The summed E-state index contributed by atoms with van der Waals surface area (Å²) in [5.41, 5.74) is 4.32. The Hall–Kier alpha value is -2.79. The van der Waals surface area contributed by atoms with Gasteiger partial charge >= 0.3 is 0 Å². The predicted octanol–water partition coefficient (Wildman–Crippen LogP) is 4.76. The first-order valence-electron chi connectivity index (χ1n) is 9.11.